The SMILES string of the molecule is CN/N=C(\C=C\C(=N)C1CC(OC(C)C)=CC=C1N)N1CCCCC1. The first-order valence-electron chi connectivity index (χ1n) is 9.10. The van der Waals surface area contributed by atoms with Crippen molar-refractivity contribution in [3.05, 3.63) is 35.8 Å². The maximum Gasteiger partial charge on any atom is 0.148 e. The van der Waals surface area contributed by atoms with E-state index in [4.69, 9.17) is 15.9 Å². The van der Waals surface area contributed by atoms with Crippen LogP contribution in [0.2, 0.25) is 0 Å². The minimum atomic E-state index is -0.146. The van der Waals surface area contributed by atoms with Gasteiger partial charge in [0.05, 0.1) is 11.9 Å². The highest BCUT2D eigenvalue weighted by molar-refractivity contribution is 6.03. The molecule has 0 aromatic rings. The lowest BCUT2D eigenvalue weighted by atomic mass is 9.90. The van der Waals surface area contributed by atoms with Crippen molar-refractivity contribution in [2.45, 2.75) is 45.6 Å². The molecule has 1 atom stereocenters. The first-order valence-corrected chi connectivity index (χ1v) is 9.10. The Hall–Kier alpha value is -2.24. The van der Waals surface area contributed by atoms with Gasteiger partial charge < -0.3 is 26.2 Å². The number of nitrogens with one attached hydrogen (secondary N) is 2. The molecule has 0 saturated carbocycles. The molecular weight excluding hydrogens is 314 g/mol. The molecule has 0 spiro atoms. The zero-order valence-corrected chi connectivity index (χ0v) is 15.6. The minimum Gasteiger partial charge on any atom is -0.495 e. The lowest BCUT2D eigenvalue weighted by molar-refractivity contribution is 0.136. The van der Waals surface area contributed by atoms with Gasteiger partial charge in [-0.1, -0.05) is 0 Å². The molecular formula is C19H31N5O. The van der Waals surface area contributed by atoms with Crippen LogP contribution in [0.15, 0.2) is 40.9 Å². The van der Waals surface area contributed by atoms with Gasteiger partial charge in [0.25, 0.3) is 0 Å². The Bertz CT molecular complexity index is 583. The number of hydrogen-bond acceptors (Lipinski definition) is 5. The summed E-state index contributed by atoms with van der Waals surface area (Å²) in [7, 11) is 1.80. The predicted molar refractivity (Wildman–Crippen MR) is 103 cm³/mol. The molecule has 138 valence electrons. The van der Waals surface area contributed by atoms with Crippen LogP contribution in [-0.4, -0.2) is 42.7 Å². The summed E-state index contributed by atoms with van der Waals surface area (Å²) in [5.74, 6) is 1.61. The molecule has 0 aromatic heterocycles. The van der Waals surface area contributed by atoms with E-state index in [2.05, 4.69) is 15.4 Å². The molecule has 2 rings (SSSR count). The van der Waals surface area contributed by atoms with Crippen LogP contribution < -0.4 is 11.2 Å². The van der Waals surface area contributed by atoms with Crippen LogP contribution in [0.3, 0.4) is 0 Å². The maximum atomic E-state index is 8.44. The van der Waals surface area contributed by atoms with Gasteiger partial charge in [0.15, 0.2) is 0 Å². The molecule has 2 aliphatic rings. The first kappa shape index (κ1) is 19.1. The van der Waals surface area contributed by atoms with Gasteiger partial charge in [-0.3, -0.25) is 0 Å². The Morgan fingerprint density at radius 3 is 2.68 bits per heavy atom. The van der Waals surface area contributed by atoms with E-state index >= 15 is 0 Å². The summed E-state index contributed by atoms with van der Waals surface area (Å²) in [4.78, 5) is 2.26. The van der Waals surface area contributed by atoms with E-state index in [0.29, 0.717) is 17.8 Å². The first-order chi connectivity index (χ1) is 12.0. The monoisotopic (exact) mass is 345 g/mol. The predicted octanol–water partition coefficient (Wildman–Crippen LogP) is 2.75. The molecule has 0 bridgehead atoms. The second-order valence-corrected chi connectivity index (χ2v) is 6.75. The summed E-state index contributed by atoms with van der Waals surface area (Å²) in [6.45, 7) is 6.03. The van der Waals surface area contributed by atoms with Crippen LogP contribution >= 0.6 is 0 Å². The van der Waals surface area contributed by atoms with Gasteiger partial charge in [0.2, 0.25) is 0 Å². The van der Waals surface area contributed by atoms with E-state index in [1.54, 1.807) is 7.05 Å². The summed E-state index contributed by atoms with van der Waals surface area (Å²) in [6, 6.07) is 0. The zero-order chi connectivity index (χ0) is 18.2. The largest absolute Gasteiger partial charge is 0.495 e. The van der Waals surface area contributed by atoms with E-state index in [1.807, 2.05) is 38.2 Å². The quantitative estimate of drug-likeness (QED) is 0.392. The molecule has 6 heteroatoms. The normalized spacial score (nSPS) is 22.0. The number of likely N-dealkylation sites (tertiary alicyclic amines) is 1. The highest BCUT2D eigenvalue weighted by Crippen LogP contribution is 2.25. The van der Waals surface area contributed by atoms with E-state index in [0.717, 1.165) is 24.7 Å². The Balaban J connectivity index is 2.04. The topological polar surface area (TPSA) is 86.7 Å². The van der Waals surface area contributed by atoms with E-state index in [1.165, 1.54) is 19.3 Å². The van der Waals surface area contributed by atoms with E-state index in [-0.39, 0.29) is 12.0 Å². The molecule has 1 heterocycles. The van der Waals surface area contributed by atoms with Crippen molar-refractivity contribution < 1.29 is 4.74 Å². The average molecular weight is 345 g/mol. The smallest absolute Gasteiger partial charge is 0.148 e. The number of hydrogen-bond donors (Lipinski definition) is 3. The number of hydrazone groups is 1. The summed E-state index contributed by atoms with van der Waals surface area (Å²) >= 11 is 0. The van der Waals surface area contributed by atoms with Gasteiger partial charge in [-0.2, -0.15) is 5.10 Å². The Morgan fingerprint density at radius 2 is 2.04 bits per heavy atom. The van der Waals surface area contributed by atoms with Crippen LogP contribution in [0, 0.1) is 11.3 Å². The van der Waals surface area contributed by atoms with Crippen LogP contribution in [0.4, 0.5) is 0 Å². The molecule has 1 fully saturated rings. The summed E-state index contributed by atoms with van der Waals surface area (Å²) < 4.78 is 5.78. The molecule has 1 saturated heterocycles. The third-order valence-corrected chi connectivity index (χ3v) is 4.35. The molecule has 1 aliphatic heterocycles. The molecule has 6 nitrogen and oxygen atoms in total. The molecule has 0 radical (unpaired) electrons. The second-order valence-electron chi connectivity index (χ2n) is 6.75. The molecule has 1 unspecified atom stereocenters. The summed E-state index contributed by atoms with van der Waals surface area (Å²) in [5, 5.41) is 12.8. The number of amidine groups is 1. The average Bonchev–Trinajstić information content (AvgIpc) is 2.60. The van der Waals surface area contributed by atoms with Crippen molar-refractivity contribution in [3.8, 4) is 0 Å². The number of nitrogens with zero attached hydrogens (tertiary/aromatic N) is 2. The van der Waals surface area contributed by atoms with Gasteiger partial charge in [0, 0.05) is 43.9 Å². The van der Waals surface area contributed by atoms with Gasteiger partial charge in [-0.15, -0.1) is 0 Å². The maximum absolute atomic E-state index is 8.44. The van der Waals surface area contributed by atoms with Gasteiger partial charge in [0.1, 0.15) is 5.84 Å². The van der Waals surface area contributed by atoms with Crippen LogP contribution in [-0.2, 0) is 4.74 Å². The van der Waals surface area contributed by atoms with Crippen molar-refractivity contribution in [1.29, 1.82) is 5.41 Å². The molecule has 1 aliphatic carbocycles. The van der Waals surface area contributed by atoms with Crippen molar-refractivity contribution >= 4 is 11.5 Å². The Morgan fingerprint density at radius 1 is 1.32 bits per heavy atom. The standard InChI is InChI=1S/C19H31N5O/c1-14(2)25-15-7-8-17(20)16(13-15)18(21)9-10-19(23-22-3)24-11-5-4-6-12-24/h7-10,14,16,21-22H,4-6,11-13,20H2,1-3H3/b10-9+,21-18?,23-19+. The van der Waals surface area contributed by atoms with Gasteiger partial charge in [-0.05, 0) is 57.4 Å². The summed E-state index contributed by atoms with van der Waals surface area (Å²) in [5.41, 5.74) is 10.2. The third-order valence-electron chi connectivity index (χ3n) is 4.35. The van der Waals surface area contributed by atoms with Gasteiger partial charge >= 0.3 is 0 Å². The van der Waals surface area contributed by atoms with E-state index in [9.17, 15) is 0 Å². The molecule has 4 N–H and O–H groups in total. The number of rotatable bonds is 6. The highest BCUT2D eigenvalue weighted by atomic mass is 16.5. The third kappa shape index (κ3) is 5.66. The fourth-order valence-electron chi connectivity index (χ4n) is 3.10. The van der Waals surface area contributed by atoms with Gasteiger partial charge in [-0.25, -0.2) is 0 Å². The highest BCUT2D eigenvalue weighted by Gasteiger charge is 2.22. The lowest BCUT2D eigenvalue weighted by Gasteiger charge is -2.28. The fraction of sp³-hybridized carbons (Fsp3) is 0.579. The number of ether oxygens (including phenoxy) is 1. The molecule has 0 amide bonds. The zero-order valence-electron chi connectivity index (χ0n) is 15.6. The van der Waals surface area contributed by atoms with Crippen molar-refractivity contribution in [1.82, 2.24) is 10.3 Å². The minimum absolute atomic E-state index is 0.123. The van der Waals surface area contributed by atoms with Crippen LogP contribution in [0.5, 0.6) is 0 Å². The Labute approximate surface area is 151 Å². The van der Waals surface area contributed by atoms with Crippen molar-refractivity contribution in [2.24, 2.45) is 16.8 Å². The Kier molecular flexibility index (Phi) is 7.10. The summed E-state index contributed by atoms with van der Waals surface area (Å²) in [6.07, 6.45) is 11.9. The molecule has 0 aromatic carbocycles. The number of allylic oxidation sites excluding steroid dienone is 5. The van der Waals surface area contributed by atoms with Crippen molar-refractivity contribution in [3.63, 3.8) is 0 Å². The van der Waals surface area contributed by atoms with E-state index < -0.39 is 0 Å². The molecule has 25 heavy (non-hydrogen) atoms. The van der Waals surface area contributed by atoms with Crippen molar-refractivity contribution in [2.75, 3.05) is 20.1 Å². The van der Waals surface area contributed by atoms with Crippen LogP contribution in [0.1, 0.15) is 39.5 Å². The lowest BCUT2D eigenvalue weighted by Crippen LogP contribution is -2.35. The second kappa shape index (κ2) is 9.30. The van der Waals surface area contributed by atoms with Crippen LogP contribution in [0.25, 0.3) is 0 Å². The number of nitrogens with two attached hydrogens (primary N) is 1. The fourth-order valence-corrected chi connectivity index (χ4v) is 3.10. The number of piperidine rings is 1.